The molecule has 0 spiro atoms. The number of hydrogen-bond acceptors (Lipinski definition) is 3. The molecule has 0 amide bonds. The number of methoxy groups -OCH3 is 1. The Morgan fingerprint density at radius 2 is 1.94 bits per heavy atom. The third-order valence-corrected chi connectivity index (χ3v) is 3.75. The van der Waals surface area contributed by atoms with E-state index in [1.165, 1.54) is 5.56 Å². The zero-order chi connectivity index (χ0) is 12.8. The zero-order valence-corrected chi connectivity index (χ0v) is 11.1. The molecular weight excluding hydrogens is 226 g/mol. The topological polar surface area (TPSA) is 41.5 Å². The van der Waals surface area contributed by atoms with Gasteiger partial charge in [-0.25, -0.2) is 0 Å². The molecule has 3 heteroatoms. The molecular formula is C15H23NO2. The number of nitrogens with one attached hydrogen (secondary N) is 1. The minimum Gasteiger partial charge on any atom is -0.389 e. The van der Waals surface area contributed by atoms with Gasteiger partial charge in [-0.2, -0.15) is 0 Å². The van der Waals surface area contributed by atoms with Crippen LogP contribution in [-0.4, -0.2) is 31.0 Å². The Balaban J connectivity index is 1.94. The first-order valence-electron chi connectivity index (χ1n) is 6.73. The summed E-state index contributed by atoms with van der Waals surface area (Å²) >= 11 is 0. The van der Waals surface area contributed by atoms with Crippen LogP contribution >= 0.6 is 0 Å². The number of rotatable bonds is 6. The van der Waals surface area contributed by atoms with Crippen LogP contribution < -0.4 is 5.32 Å². The van der Waals surface area contributed by atoms with Gasteiger partial charge in [-0.15, -0.1) is 0 Å². The largest absolute Gasteiger partial charge is 0.389 e. The fraction of sp³-hybridized carbons (Fsp3) is 0.600. The summed E-state index contributed by atoms with van der Waals surface area (Å²) in [6.07, 6.45) is 4.10. The summed E-state index contributed by atoms with van der Waals surface area (Å²) in [5, 5.41) is 13.8. The van der Waals surface area contributed by atoms with Crippen molar-refractivity contribution >= 4 is 0 Å². The molecule has 3 nitrogen and oxygen atoms in total. The Bertz CT molecular complexity index is 347. The Kier molecular flexibility index (Phi) is 4.75. The SMILES string of the molecule is COCC(NCC1(O)CCCC1)c1ccccc1. The molecule has 18 heavy (non-hydrogen) atoms. The molecule has 1 saturated carbocycles. The highest BCUT2D eigenvalue weighted by molar-refractivity contribution is 5.19. The minimum absolute atomic E-state index is 0.154. The van der Waals surface area contributed by atoms with Crippen LogP contribution in [-0.2, 0) is 4.74 Å². The van der Waals surface area contributed by atoms with Crippen molar-refractivity contribution in [1.29, 1.82) is 0 Å². The average Bonchev–Trinajstić information content (AvgIpc) is 2.83. The van der Waals surface area contributed by atoms with E-state index in [4.69, 9.17) is 4.74 Å². The van der Waals surface area contributed by atoms with E-state index in [0.717, 1.165) is 25.7 Å². The normalized spacial score (nSPS) is 19.9. The van der Waals surface area contributed by atoms with Crippen LogP contribution in [0.15, 0.2) is 30.3 Å². The first-order valence-corrected chi connectivity index (χ1v) is 6.73. The quantitative estimate of drug-likeness (QED) is 0.812. The Morgan fingerprint density at radius 1 is 1.28 bits per heavy atom. The maximum absolute atomic E-state index is 10.4. The molecule has 0 aliphatic heterocycles. The van der Waals surface area contributed by atoms with Crippen molar-refractivity contribution in [2.45, 2.75) is 37.3 Å². The number of ether oxygens (including phenoxy) is 1. The van der Waals surface area contributed by atoms with Crippen molar-refractivity contribution in [3.63, 3.8) is 0 Å². The second-order valence-corrected chi connectivity index (χ2v) is 5.23. The first-order chi connectivity index (χ1) is 8.73. The van der Waals surface area contributed by atoms with Gasteiger partial charge in [0, 0.05) is 13.7 Å². The summed E-state index contributed by atoms with van der Waals surface area (Å²) in [7, 11) is 1.71. The van der Waals surface area contributed by atoms with Crippen molar-refractivity contribution in [3.8, 4) is 0 Å². The van der Waals surface area contributed by atoms with Crippen molar-refractivity contribution in [3.05, 3.63) is 35.9 Å². The third-order valence-electron chi connectivity index (χ3n) is 3.75. The van der Waals surface area contributed by atoms with Crippen LogP contribution in [0.3, 0.4) is 0 Å². The molecule has 0 aromatic heterocycles. The van der Waals surface area contributed by atoms with Crippen molar-refractivity contribution in [1.82, 2.24) is 5.32 Å². The zero-order valence-electron chi connectivity index (χ0n) is 11.1. The average molecular weight is 249 g/mol. The summed E-state index contributed by atoms with van der Waals surface area (Å²) in [4.78, 5) is 0. The van der Waals surface area contributed by atoms with Gasteiger partial charge in [-0.3, -0.25) is 0 Å². The monoisotopic (exact) mass is 249 g/mol. The smallest absolute Gasteiger partial charge is 0.0771 e. The second-order valence-electron chi connectivity index (χ2n) is 5.23. The van der Waals surface area contributed by atoms with Gasteiger partial charge in [-0.1, -0.05) is 43.2 Å². The summed E-state index contributed by atoms with van der Waals surface area (Å²) in [5.74, 6) is 0. The van der Waals surface area contributed by atoms with Crippen molar-refractivity contribution in [2.75, 3.05) is 20.3 Å². The number of hydrogen-bond donors (Lipinski definition) is 2. The fourth-order valence-electron chi connectivity index (χ4n) is 2.65. The fourth-order valence-corrected chi connectivity index (χ4v) is 2.65. The Morgan fingerprint density at radius 3 is 2.56 bits per heavy atom. The standard InChI is InChI=1S/C15H23NO2/c1-18-11-14(13-7-3-2-4-8-13)16-12-15(17)9-5-6-10-15/h2-4,7-8,14,16-17H,5-6,9-12H2,1H3. The van der Waals surface area contributed by atoms with E-state index >= 15 is 0 Å². The highest BCUT2D eigenvalue weighted by atomic mass is 16.5. The summed E-state index contributed by atoms with van der Waals surface area (Å²) in [6, 6.07) is 10.4. The van der Waals surface area contributed by atoms with E-state index in [9.17, 15) is 5.11 Å². The molecule has 0 saturated heterocycles. The van der Waals surface area contributed by atoms with Gasteiger partial charge in [0.05, 0.1) is 18.2 Å². The predicted octanol–water partition coefficient (Wildman–Crippen LogP) is 2.27. The van der Waals surface area contributed by atoms with E-state index < -0.39 is 5.60 Å². The van der Waals surface area contributed by atoms with Gasteiger partial charge in [0.1, 0.15) is 0 Å². The van der Waals surface area contributed by atoms with Gasteiger partial charge < -0.3 is 15.2 Å². The van der Waals surface area contributed by atoms with Crippen molar-refractivity contribution < 1.29 is 9.84 Å². The Labute approximate surface area is 109 Å². The van der Waals surface area contributed by atoms with E-state index in [2.05, 4.69) is 17.4 Å². The lowest BCUT2D eigenvalue weighted by Crippen LogP contribution is -2.40. The molecule has 2 N–H and O–H groups in total. The van der Waals surface area contributed by atoms with Crippen LogP contribution in [0.1, 0.15) is 37.3 Å². The Hall–Kier alpha value is -0.900. The summed E-state index contributed by atoms with van der Waals surface area (Å²) in [6.45, 7) is 1.27. The number of benzene rings is 1. The van der Waals surface area contributed by atoms with E-state index in [0.29, 0.717) is 13.2 Å². The molecule has 1 unspecified atom stereocenters. The van der Waals surface area contributed by atoms with E-state index in [1.54, 1.807) is 7.11 Å². The summed E-state index contributed by atoms with van der Waals surface area (Å²) < 4.78 is 5.26. The van der Waals surface area contributed by atoms with Crippen LogP contribution in [0.2, 0.25) is 0 Å². The molecule has 1 fully saturated rings. The molecule has 1 aromatic carbocycles. The van der Waals surface area contributed by atoms with Gasteiger partial charge in [0.25, 0.3) is 0 Å². The third kappa shape index (κ3) is 3.55. The van der Waals surface area contributed by atoms with Crippen LogP contribution in [0.25, 0.3) is 0 Å². The highest BCUT2D eigenvalue weighted by Gasteiger charge is 2.31. The molecule has 0 radical (unpaired) electrons. The molecule has 1 aromatic rings. The van der Waals surface area contributed by atoms with E-state index in [-0.39, 0.29) is 6.04 Å². The maximum Gasteiger partial charge on any atom is 0.0771 e. The lowest BCUT2D eigenvalue weighted by molar-refractivity contribution is 0.0405. The molecule has 1 atom stereocenters. The highest BCUT2D eigenvalue weighted by Crippen LogP contribution is 2.29. The molecule has 0 bridgehead atoms. The van der Waals surface area contributed by atoms with Gasteiger partial charge >= 0.3 is 0 Å². The van der Waals surface area contributed by atoms with Gasteiger partial charge in [0.2, 0.25) is 0 Å². The summed E-state index contributed by atoms with van der Waals surface area (Å²) in [5.41, 5.74) is 0.696. The molecule has 2 rings (SSSR count). The lowest BCUT2D eigenvalue weighted by Gasteiger charge is -2.26. The van der Waals surface area contributed by atoms with Crippen LogP contribution in [0, 0.1) is 0 Å². The van der Waals surface area contributed by atoms with Gasteiger partial charge in [-0.05, 0) is 18.4 Å². The molecule has 1 aliphatic carbocycles. The molecule has 1 aliphatic rings. The predicted molar refractivity (Wildman–Crippen MR) is 72.5 cm³/mol. The second kappa shape index (κ2) is 6.32. The lowest BCUT2D eigenvalue weighted by atomic mass is 10.0. The van der Waals surface area contributed by atoms with E-state index in [1.807, 2.05) is 18.2 Å². The van der Waals surface area contributed by atoms with Crippen molar-refractivity contribution in [2.24, 2.45) is 0 Å². The number of aliphatic hydroxyl groups is 1. The first kappa shape index (κ1) is 13.5. The molecule has 100 valence electrons. The van der Waals surface area contributed by atoms with Crippen LogP contribution in [0.5, 0.6) is 0 Å². The minimum atomic E-state index is -0.513. The van der Waals surface area contributed by atoms with Crippen LogP contribution in [0.4, 0.5) is 0 Å². The van der Waals surface area contributed by atoms with Gasteiger partial charge in [0.15, 0.2) is 0 Å². The maximum atomic E-state index is 10.4. The molecule has 0 heterocycles.